The van der Waals surface area contributed by atoms with Gasteiger partial charge >= 0.3 is 0 Å². The molecule has 0 aliphatic rings. The van der Waals surface area contributed by atoms with Gasteiger partial charge in [0, 0.05) is 23.9 Å². The molecule has 0 bridgehead atoms. The summed E-state index contributed by atoms with van der Waals surface area (Å²) in [4.78, 5) is 11.0. The summed E-state index contributed by atoms with van der Waals surface area (Å²) >= 11 is 0. The normalized spacial score (nSPS) is 11.6. The molecule has 0 aliphatic carbocycles. The summed E-state index contributed by atoms with van der Waals surface area (Å²) in [5.41, 5.74) is 4.18. The Bertz CT molecular complexity index is 1390. The van der Waals surface area contributed by atoms with Crippen LogP contribution in [-0.2, 0) is 22.9 Å². The van der Waals surface area contributed by atoms with Gasteiger partial charge in [-0.1, -0.05) is 36.4 Å². The van der Waals surface area contributed by atoms with E-state index in [1.807, 2.05) is 67.7 Å². The molecule has 0 saturated carbocycles. The van der Waals surface area contributed by atoms with Gasteiger partial charge in [-0.15, -0.1) is 0 Å². The molecular formula is C29H34N4O3S. The Hall–Kier alpha value is -3.49. The van der Waals surface area contributed by atoms with Crippen LogP contribution in [0.15, 0.2) is 79.1 Å². The highest BCUT2D eigenvalue weighted by atomic mass is 32.2. The van der Waals surface area contributed by atoms with E-state index in [1.165, 1.54) is 11.8 Å². The summed E-state index contributed by atoms with van der Waals surface area (Å²) in [7, 11) is -0.951. The summed E-state index contributed by atoms with van der Waals surface area (Å²) in [5, 5.41) is 4.40. The molecule has 0 aliphatic heterocycles. The molecule has 0 unspecified atom stereocenters. The molecule has 0 radical (unpaired) electrons. The number of fused-ring (bicyclic) bond motifs is 1. The monoisotopic (exact) mass is 518 g/mol. The van der Waals surface area contributed by atoms with Crippen molar-refractivity contribution in [2.75, 3.05) is 37.5 Å². The van der Waals surface area contributed by atoms with Gasteiger partial charge in [0.25, 0.3) is 0 Å². The number of aromatic nitrogens is 2. The Labute approximate surface area is 219 Å². The van der Waals surface area contributed by atoms with Crippen molar-refractivity contribution in [3.05, 3.63) is 90.3 Å². The maximum atomic E-state index is 11.3. The smallest absolute Gasteiger partial charge is 0.148 e. The lowest BCUT2D eigenvalue weighted by Crippen LogP contribution is -2.26. The lowest BCUT2D eigenvalue weighted by Gasteiger charge is -2.15. The molecule has 0 amide bonds. The van der Waals surface area contributed by atoms with Crippen LogP contribution in [0.2, 0.25) is 0 Å². The summed E-state index contributed by atoms with van der Waals surface area (Å²) in [5.74, 6) is 1.78. The molecule has 3 aromatic carbocycles. The average molecular weight is 519 g/mol. The summed E-state index contributed by atoms with van der Waals surface area (Å²) < 4.78 is 28.6. The predicted molar refractivity (Wildman–Crippen MR) is 150 cm³/mol. The molecule has 1 aromatic heterocycles. The molecule has 4 rings (SSSR count). The third kappa shape index (κ3) is 8.55. The van der Waals surface area contributed by atoms with Gasteiger partial charge in [-0.05, 0) is 80.4 Å². The highest BCUT2D eigenvalue weighted by Gasteiger charge is 2.08. The van der Waals surface area contributed by atoms with Gasteiger partial charge in [0.2, 0.25) is 0 Å². The Morgan fingerprint density at radius 1 is 0.892 bits per heavy atom. The van der Waals surface area contributed by atoms with E-state index < -0.39 is 9.84 Å². The molecule has 8 heteroatoms. The van der Waals surface area contributed by atoms with Crippen LogP contribution in [0.5, 0.6) is 5.75 Å². The first kappa shape index (κ1) is 26.6. The van der Waals surface area contributed by atoms with Crippen molar-refractivity contribution in [1.29, 1.82) is 0 Å². The maximum absolute atomic E-state index is 11.3. The van der Waals surface area contributed by atoms with E-state index in [0.717, 1.165) is 59.5 Å². The van der Waals surface area contributed by atoms with Gasteiger partial charge < -0.3 is 15.0 Å². The first-order chi connectivity index (χ1) is 17.9. The summed E-state index contributed by atoms with van der Waals surface area (Å²) in [6.07, 6.45) is 5.83. The molecule has 4 aromatic rings. The lowest BCUT2D eigenvalue weighted by atomic mass is 10.1. The SMILES string of the molecule is CN(CCCCc1ccc2ncnc(Nc3ccc(OCc4ccccc4)cc3)c2c1)CCS(C)(=O)=O. The highest BCUT2D eigenvalue weighted by Crippen LogP contribution is 2.26. The van der Waals surface area contributed by atoms with Crippen LogP contribution >= 0.6 is 0 Å². The molecular weight excluding hydrogens is 484 g/mol. The fourth-order valence-corrected chi connectivity index (χ4v) is 4.66. The number of hydrogen-bond donors (Lipinski definition) is 1. The number of nitrogens with zero attached hydrogens (tertiary/aromatic N) is 3. The van der Waals surface area contributed by atoms with E-state index in [-0.39, 0.29) is 5.75 Å². The fraction of sp³-hybridized carbons (Fsp3) is 0.310. The first-order valence-electron chi connectivity index (χ1n) is 12.5. The van der Waals surface area contributed by atoms with Gasteiger partial charge in [0.15, 0.2) is 0 Å². The number of rotatable bonds is 13. The number of ether oxygens (including phenoxy) is 1. The van der Waals surface area contributed by atoms with Crippen molar-refractivity contribution < 1.29 is 13.2 Å². The summed E-state index contributed by atoms with van der Waals surface area (Å²) in [6, 6.07) is 24.3. The molecule has 194 valence electrons. The van der Waals surface area contributed by atoms with Crippen molar-refractivity contribution in [3.8, 4) is 5.75 Å². The zero-order valence-corrected chi connectivity index (χ0v) is 22.2. The van der Waals surface area contributed by atoms with Gasteiger partial charge in [-0.25, -0.2) is 18.4 Å². The van der Waals surface area contributed by atoms with Crippen molar-refractivity contribution >= 4 is 32.2 Å². The number of hydrogen-bond acceptors (Lipinski definition) is 7. The van der Waals surface area contributed by atoms with Crippen molar-refractivity contribution in [2.45, 2.75) is 25.9 Å². The molecule has 1 N–H and O–H groups in total. The number of nitrogens with one attached hydrogen (secondary N) is 1. The second kappa shape index (κ2) is 12.7. The van der Waals surface area contributed by atoms with E-state index in [1.54, 1.807) is 6.33 Å². The summed E-state index contributed by atoms with van der Waals surface area (Å²) in [6.45, 7) is 1.98. The van der Waals surface area contributed by atoms with Crippen molar-refractivity contribution in [2.24, 2.45) is 0 Å². The number of sulfone groups is 1. The molecule has 0 saturated heterocycles. The van der Waals surface area contributed by atoms with E-state index in [9.17, 15) is 8.42 Å². The largest absolute Gasteiger partial charge is 0.489 e. The third-order valence-electron chi connectivity index (χ3n) is 6.16. The van der Waals surface area contributed by atoms with Crippen LogP contribution in [0.25, 0.3) is 10.9 Å². The fourth-order valence-electron chi connectivity index (χ4n) is 4.02. The first-order valence-corrected chi connectivity index (χ1v) is 14.6. The minimum absolute atomic E-state index is 0.202. The van der Waals surface area contributed by atoms with Crippen LogP contribution in [0.4, 0.5) is 11.5 Å². The molecule has 0 fully saturated rings. The van der Waals surface area contributed by atoms with Crippen LogP contribution in [0, 0.1) is 0 Å². The molecule has 37 heavy (non-hydrogen) atoms. The Morgan fingerprint density at radius 3 is 2.43 bits per heavy atom. The van der Waals surface area contributed by atoms with Gasteiger partial charge in [-0.2, -0.15) is 0 Å². The Morgan fingerprint density at radius 2 is 1.68 bits per heavy atom. The van der Waals surface area contributed by atoms with Gasteiger partial charge in [-0.3, -0.25) is 0 Å². The minimum atomic E-state index is -2.92. The average Bonchev–Trinajstić information content (AvgIpc) is 2.90. The van der Waals surface area contributed by atoms with Crippen LogP contribution < -0.4 is 10.1 Å². The van der Waals surface area contributed by atoms with E-state index in [2.05, 4.69) is 32.3 Å². The Kier molecular flexibility index (Phi) is 9.09. The van der Waals surface area contributed by atoms with E-state index >= 15 is 0 Å². The van der Waals surface area contributed by atoms with Crippen molar-refractivity contribution in [3.63, 3.8) is 0 Å². The van der Waals surface area contributed by atoms with Crippen LogP contribution in [-0.4, -0.2) is 55.4 Å². The second-order valence-electron chi connectivity index (χ2n) is 9.39. The number of anilines is 2. The predicted octanol–water partition coefficient (Wildman–Crippen LogP) is 5.25. The zero-order valence-electron chi connectivity index (χ0n) is 21.4. The van der Waals surface area contributed by atoms with Crippen molar-refractivity contribution in [1.82, 2.24) is 14.9 Å². The second-order valence-corrected chi connectivity index (χ2v) is 11.6. The molecule has 0 spiro atoms. The number of benzene rings is 3. The molecule has 7 nitrogen and oxygen atoms in total. The van der Waals surface area contributed by atoms with Gasteiger partial charge in [0.1, 0.15) is 34.3 Å². The maximum Gasteiger partial charge on any atom is 0.148 e. The standard InChI is InChI=1S/C29H34N4O3S/c1-33(18-19-37(2,34)35)17-7-6-8-23-11-16-28-27(20-23)29(31-22-30-28)32-25-12-14-26(15-13-25)36-21-24-9-4-3-5-10-24/h3-5,9-16,20,22H,6-8,17-19,21H2,1-2H3,(H,30,31,32). The highest BCUT2D eigenvalue weighted by molar-refractivity contribution is 7.90. The quantitative estimate of drug-likeness (QED) is 0.242. The number of aryl methyl sites for hydroxylation is 1. The topological polar surface area (TPSA) is 84.4 Å². The lowest BCUT2D eigenvalue weighted by molar-refractivity contribution is 0.306. The Balaban J connectivity index is 1.33. The van der Waals surface area contributed by atoms with E-state index in [4.69, 9.17) is 4.74 Å². The van der Waals surface area contributed by atoms with E-state index in [0.29, 0.717) is 13.2 Å². The molecule has 0 atom stereocenters. The number of unbranched alkanes of at least 4 members (excludes halogenated alkanes) is 1. The third-order valence-corrected chi connectivity index (χ3v) is 7.09. The molecule has 1 heterocycles. The minimum Gasteiger partial charge on any atom is -0.489 e. The van der Waals surface area contributed by atoms with Gasteiger partial charge in [0.05, 0.1) is 11.3 Å². The van der Waals surface area contributed by atoms with Crippen LogP contribution in [0.3, 0.4) is 0 Å². The zero-order chi connectivity index (χ0) is 26.1. The van der Waals surface area contributed by atoms with Crippen LogP contribution in [0.1, 0.15) is 24.0 Å².